The minimum Gasteiger partial charge on any atom is -0.454 e. The number of hydrogen-bond acceptors (Lipinski definition) is 3. The fourth-order valence-corrected chi connectivity index (χ4v) is 2.91. The lowest BCUT2D eigenvalue weighted by Crippen LogP contribution is -2.27. The van der Waals surface area contributed by atoms with Crippen molar-refractivity contribution in [1.29, 1.82) is 0 Å². The molecule has 0 amide bonds. The number of fused-ring (bicyclic) bond motifs is 1. The molecule has 0 radical (unpaired) electrons. The molecule has 92 valence electrons. The standard InChI is InChI=1S/C12H13BrFNO2/c13-8-5-9-12(17-6-16-9)10(11(8)14)7-1-3-15-4-2-7/h5,7,15H,1-4,6H2. The second-order valence-corrected chi connectivity index (χ2v) is 5.20. The van der Waals surface area contributed by atoms with Gasteiger partial charge in [-0.2, -0.15) is 0 Å². The SMILES string of the molecule is Fc1c(Br)cc2c(c1C1CCNCC1)OCO2. The number of benzene rings is 1. The third-order valence-corrected chi connectivity index (χ3v) is 3.91. The number of rotatable bonds is 1. The van der Waals surface area contributed by atoms with Crippen molar-refractivity contribution in [1.82, 2.24) is 5.32 Å². The van der Waals surface area contributed by atoms with E-state index >= 15 is 0 Å². The van der Waals surface area contributed by atoms with Crippen LogP contribution in [-0.2, 0) is 0 Å². The summed E-state index contributed by atoms with van der Waals surface area (Å²) in [5, 5.41) is 3.28. The molecule has 2 aliphatic heterocycles. The Morgan fingerprint density at radius 1 is 1.29 bits per heavy atom. The molecule has 17 heavy (non-hydrogen) atoms. The van der Waals surface area contributed by atoms with E-state index in [1.807, 2.05) is 0 Å². The highest BCUT2D eigenvalue weighted by Gasteiger charge is 2.29. The Morgan fingerprint density at radius 2 is 2.06 bits per heavy atom. The summed E-state index contributed by atoms with van der Waals surface area (Å²) in [4.78, 5) is 0. The summed E-state index contributed by atoms with van der Waals surface area (Å²) in [5.74, 6) is 1.25. The summed E-state index contributed by atoms with van der Waals surface area (Å²) >= 11 is 3.24. The summed E-state index contributed by atoms with van der Waals surface area (Å²) in [6.45, 7) is 2.03. The Kier molecular flexibility index (Phi) is 2.96. The molecule has 1 N–H and O–H groups in total. The van der Waals surface area contributed by atoms with Gasteiger partial charge in [-0.05, 0) is 47.8 Å². The van der Waals surface area contributed by atoms with Crippen LogP contribution in [0.3, 0.4) is 0 Å². The zero-order valence-electron chi connectivity index (χ0n) is 9.26. The number of hydrogen-bond donors (Lipinski definition) is 1. The average Bonchev–Trinajstić information content (AvgIpc) is 2.79. The molecule has 0 spiro atoms. The van der Waals surface area contributed by atoms with Crippen molar-refractivity contribution in [2.75, 3.05) is 19.9 Å². The highest BCUT2D eigenvalue weighted by atomic mass is 79.9. The highest BCUT2D eigenvalue weighted by Crippen LogP contribution is 2.45. The van der Waals surface area contributed by atoms with E-state index in [-0.39, 0.29) is 18.5 Å². The Hall–Kier alpha value is -0.810. The molecule has 1 fully saturated rings. The van der Waals surface area contributed by atoms with E-state index in [4.69, 9.17) is 9.47 Å². The van der Waals surface area contributed by atoms with E-state index < -0.39 is 0 Å². The van der Waals surface area contributed by atoms with Crippen LogP contribution in [0.4, 0.5) is 4.39 Å². The molecule has 1 aromatic rings. The first kappa shape index (κ1) is 11.3. The maximum atomic E-state index is 14.2. The van der Waals surface area contributed by atoms with Crippen molar-refractivity contribution in [3.8, 4) is 11.5 Å². The van der Waals surface area contributed by atoms with E-state index in [1.54, 1.807) is 6.07 Å². The molecule has 5 heteroatoms. The van der Waals surface area contributed by atoms with Gasteiger partial charge in [-0.3, -0.25) is 0 Å². The second-order valence-electron chi connectivity index (χ2n) is 4.34. The molecule has 1 saturated heterocycles. The topological polar surface area (TPSA) is 30.5 Å². The molecule has 0 saturated carbocycles. The Labute approximate surface area is 107 Å². The predicted octanol–water partition coefficient (Wildman–Crippen LogP) is 2.78. The van der Waals surface area contributed by atoms with E-state index in [9.17, 15) is 4.39 Å². The number of ether oxygens (including phenoxy) is 2. The molecular formula is C12H13BrFNO2. The second kappa shape index (κ2) is 4.46. The number of piperidine rings is 1. The lowest BCUT2D eigenvalue weighted by molar-refractivity contribution is 0.172. The normalized spacial score (nSPS) is 19.6. The number of nitrogens with one attached hydrogen (secondary N) is 1. The van der Waals surface area contributed by atoms with Gasteiger partial charge in [0.2, 0.25) is 6.79 Å². The van der Waals surface area contributed by atoms with Crippen LogP contribution in [0, 0.1) is 5.82 Å². The third-order valence-electron chi connectivity index (χ3n) is 3.34. The van der Waals surface area contributed by atoms with Crippen molar-refractivity contribution in [3.63, 3.8) is 0 Å². The van der Waals surface area contributed by atoms with Crippen molar-refractivity contribution in [3.05, 3.63) is 21.9 Å². The van der Waals surface area contributed by atoms with E-state index in [0.29, 0.717) is 21.5 Å². The van der Waals surface area contributed by atoms with Crippen LogP contribution in [-0.4, -0.2) is 19.9 Å². The van der Waals surface area contributed by atoms with Crippen molar-refractivity contribution in [2.45, 2.75) is 18.8 Å². The molecule has 2 aliphatic rings. The summed E-state index contributed by atoms with van der Waals surface area (Å²) in [5.41, 5.74) is 0.674. The zero-order valence-corrected chi connectivity index (χ0v) is 10.8. The maximum Gasteiger partial charge on any atom is 0.231 e. The van der Waals surface area contributed by atoms with Crippen LogP contribution in [0.2, 0.25) is 0 Å². The summed E-state index contributed by atoms with van der Waals surface area (Å²) in [7, 11) is 0. The summed E-state index contributed by atoms with van der Waals surface area (Å²) in [6, 6.07) is 1.64. The van der Waals surface area contributed by atoms with Crippen LogP contribution in [0.1, 0.15) is 24.3 Å². The van der Waals surface area contributed by atoms with E-state index in [0.717, 1.165) is 25.9 Å². The van der Waals surface area contributed by atoms with Gasteiger partial charge in [0.15, 0.2) is 11.5 Å². The van der Waals surface area contributed by atoms with Crippen LogP contribution in [0.25, 0.3) is 0 Å². The van der Waals surface area contributed by atoms with Gasteiger partial charge in [0.05, 0.1) is 4.47 Å². The maximum absolute atomic E-state index is 14.2. The van der Waals surface area contributed by atoms with Gasteiger partial charge in [-0.1, -0.05) is 0 Å². The van der Waals surface area contributed by atoms with Crippen LogP contribution in [0.15, 0.2) is 10.5 Å². The molecule has 0 unspecified atom stereocenters. The lowest BCUT2D eigenvalue weighted by Gasteiger charge is -2.24. The first-order valence-corrected chi connectivity index (χ1v) is 6.55. The fraction of sp³-hybridized carbons (Fsp3) is 0.500. The zero-order chi connectivity index (χ0) is 11.8. The molecular weight excluding hydrogens is 289 g/mol. The Bertz CT molecular complexity index is 447. The highest BCUT2D eigenvalue weighted by molar-refractivity contribution is 9.10. The molecule has 0 aliphatic carbocycles. The predicted molar refractivity (Wildman–Crippen MR) is 65.1 cm³/mol. The van der Waals surface area contributed by atoms with Crippen molar-refractivity contribution >= 4 is 15.9 Å². The van der Waals surface area contributed by atoms with Crippen molar-refractivity contribution in [2.24, 2.45) is 0 Å². The minimum absolute atomic E-state index is 0.184. The molecule has 0 bridgehead atoms. The fourth-order valence-electron chi connectivity index (χ4n) is 2.49. The smallest absolute Gasteiger partial charge is 0.231 e. The largest absolute Gasteiger partial charge is 0.454 e. The Morgan fingerprint density at radius 3 is 2.82 bits per heavy atom. The van der Waals surface area contributed by atoms with Crippen LogP contribution < -0.4 is 14.8 Å². The van der Waals surface area contributed by atoms with Gasteiger partial charge in [0, 0.05) is 11.6 Å². The van der Waals surface area contributed by atoms with Gasteiger partial charge in [-0.25, -0.2) is 4.39 Å². The third kappa shape index (κ3) is 1.91. The summed E-state index contributed by atoms with van der Waals surface area (Å²) < 4.78 is 25.4. The molecule has 2 heterocycles. The van der Waals surface area contributed by atoms with Gasteiger partial charge < -0.3 is 14.8 Å². The molecule has 0 atom stereocenters. The first-order chi connectivity index (χ1) is 8.27. The summed E-state index contributed by atoms with van der Waals surface area (Å²) in [6.07, 6.45) is 1.87. The molecule has 0 aromatic heterocycles. The van der Waals surface area contributed by atoms with Gasteiger partial charge in [0.25, 0.3) is 0 Å². The Balaban J connectivity index is 2.07. The quantitative estimate of drug-likeness (QED) is 0.865. The number of halogens is 2. The van der Waals surface area contributed by atoms with Gasteiger partial charge >= 0.3 is 0 Å². The molecule has 3 rings (SSSR count). The van der Waals surface area contributed by atoms with Crippen LogP contribution >= 0.6 is 15.9 Å². The molecule has 3 nitrogen and oxygen atoms in total. The van der Waals surface area contributed by atoms with Crippen molar-refractivity contribution < 1.29 is 13.9 Å². The lowest BCUT2D eigenvalue weighted by atomic mass is 9.89. The van der Waals surface area contributed by atoms with Crippen LogP contribution in [0.5, 0.6) is 11.5 Å². The van der Waals surface area contributed by atoms with E-state index in [1.165, 1.54) is 0 Å². The minimum atomic E-state index is -0.207. The first-order valence-electron chi connectivity index (χ1n) is 5.75. The van der Waals surface area contributed by atoms with E-state index in [2.05, 4.69) is 21.2 Å². The monoisotopic (exact) mass is 301 g/mol. The van der Waals surface area contributed by atoms with Gasteiger partial charge in [-0.15, -0.1) is 0 Å². The van der Waals surface area contributed by atoms with Gasteiger partial charge in [0.1, 0.15) is 5.82 Å². The average molecular weight is 302 g/mol. The molecule has 1 aromatic carbocycles.